The lowest BCUT2D eigenvalue weighted by molar-refractivity contribution is 0.281. The van der Waals surface area contributed by atoms with Gasteiger partial charge in [-0.1, -0.05) is 12.1 Å². The summed E-state index contributed by atoms with van der Waals surface area (Å²) in [6.45, 7) is 2.12. The molecule has 2 nitrogen and oxygen atoms in total. The van der Waals surface area contributed by atoms with Crippen LogP contribution in [0.3, 0.4) is 0 Å². The SMILES string of the molecule is CC(CO)Nc1cccc2ccsc12. The summed E-state index contributed by atoms with van der Waals surface area (Å²) in [5, 5.41) is 15.6. The Morgan fingerprint density at radius 3 is 3.07 bits per heavy atom. The number of hydrogen-bond donors (Lipinski definition) is 2. The fourth-order valence-corrected chi connectivity index (χ4v) is 2.29. The van der Waals surface area contributed by atoms with Crippen LogP contribution in [0, 0.1) is 0 Å². The normalized spacial score (nSPS) is 13.0. The van der Waals surface area contributed by atoms with E-state index < -0.39 is 0 Å². The van der Waals surface area contributed by atoms with E-state index in [-0.39, 0.29) is 12.6 Å². The molecule has 1 aromatic heterocycles. The molecule has 14 heavy (non-hydrogen) atoms. The van der Waals surface area contributed by atoms with Crippen LogP contribution in [0.1, 0.15) is 6.92 Å². The predicted molar refractivity (Wildman–Crippen MR) is 62.0 cm³/mol. The van der Waals surface area contributed by atoms with Crippen LogP contribution >= 0.6 is 11.3 Å². The zero-order valence-electron chi connectivity index (χ0n) is 8.03. The molecule has 1 heterocycles. The molecule has 2 rings (SSSR count). The Hall–Kier alpha value is -1.06. The third kappa shape index (κ3) is 1.74. The molecular formula is C11H13NOS. The van der Waals surface area contributed by atoms with Gasteiger partial charge in [-0.3, -0.25) is 0 Å². The molecule has 3 heteroatoms. The van der Waals surface area contributed by atoms with Crippen LogP contribution in [-0.4, -0.2) is 17.8 Å². The molecule has 2 aromatic rings. The van der Waals surface area contributed by atoms with E-state index in [4.69, 9.17) is 5.11 Å². The van der Waals surface area contributed by atoms with Crippen molar-refractivity contribution in [2.75, 3.05) is 11.9 Å². The van der Waals surface area contributed by atoms with Gasteiger partial charge in [0.25, 0.3) is 0 Å². The fraction of sp³-hybridized carbons (Fsp3) is 0.273. The molecule has 0 aliphatic carbocycles. The topological polar surface area (TPSA) is 32.3 Å². The Morgan fingerprint density at radius 1 is 1.43 bits per heavy atom. The second kappa shape index (κ2) is 3.98. The van der Waals surface area contributed by atoms with Crippen molar-refractivity contribution in [3.63, 3.8) is 0 Å². The molecule has 0 saturated carbocycles. The number of thiophene rings is 1. The van der Waals surface area contributed by atoms with Gasteiger partial charge in [0.05, 0.1) is 17.0 Å². The molecule has 0 spiro atoms. The molecule has 1 aromatic carbocycles. The van der Waals surface area contributed by atoms with Gasteiger partial charge in [-0.15, -0.1) is 11.3 Å². The monoisotopic (exact) mass is 207 g/mol. The molecule has 0 aliphatic rings. The van der Waals surface area contributed by atoms with Gasteiger partial charge < -0.3 is 10.4 Å². The lowest BCUT2D eigenvalue weighted by atomic mass is 10.2. The molecule has 0 saturated heterocycles. The Kier molecular flexibility index (Phi) is 2.70. The highest BCUT2D eigenvalue weighted by molar-refractivity contribution is 7.17. The number of hydrogen-bond acceptors (Lipinski definition) is 3. The second-order valence-corrected chi connectivity index (χ2v) is 4.29. The van der Waals surface area contributed by atoms with Crippen LogP contribution in [0.25, 0.3) is 10.1 Å². The average molecular weight is 207 g/mol. The Bertz CT molecular complexity index is 424. The first-order chi connectivity index (χ1) is 6.81. The van der Waals surface area contributed by atoms with Crippen molar-refractivity contribution in [2.45, 2.75) is 13.0 Å². The van der Waals surface area contributed by atoms with Gasteiger partial charge in [0, 0.05) is 6.04 Å². The standard InChI is InChI=1S/C11H13NOS/c1-8(7-13)12-10-4-2-3-9-5-6-14-11(9)10/h2-6,8,12-13H,7H2,1H3. The molecule has 1 atom stereocenters. The fourth-order valence-electron chi connectivity index (χ4n) is 1.42. The van der Waals surface area contributed by atoms with Crippen molar-refractivity contribution < 1.29 is 5.11 Å². The zero-order chi connectivity index (χ0) is 9.97. The first kappa shape index (κ1) is 9.49. The van der Waals surface area contributed by atoms with Gasteiger partial charge in [0.1, 0.15) is 0 Å². The second-order valence-electron chi connectivity index (χ2n) is 3.37. The summed E-state index contributed by atoms with van der Waals surface area (Å²) in [7, 11) is 0. The minimum atomic E-state index is 0.0997. The van der Waals surface area contributed by atoms with Crippen molar-refractivity contribution in [3.8, 4) is 0 Å². The first-order valence-electron chi connectivity index (χ1n) is 4.65. The quantitative estimate of drug-likeness (QED) is 0.811. The largest absolute Gasteiger partial charge is 0.394 e. The number of fused-ring (bicyclic) bond motifs is 1. The van der Waals surface area contributed by atoms with Crippen molar-refractivity contribution in [1.82, 2.24) is 0 Å². The van der Waals surface area contributed by atoms with Crippen LogP contribution < -0.4 is 5.32 Å². The van der Waals surface area contributed by atoms with Gasteiger partial charge in [-0.25, -0.2) is 0 Å². The van der Waals surface area contributed by atoms with E-state index in [1.807, 2.05) is 19.1 Å². The average Bonchev–Trinajstić information content (AvgIpc) is 2.66. The molecular weight excluding hydrogens is 194 g/mol. The minimum Gasteiger partial charge on any atom is -0.394 e. The molecule has 1 unspecified atom stereocenters. The maximum absolute atomic E-state index is 8.96. The van der Waals surface area contributed by atoms with Crippen molar-refractivity contribution in [2.24, 2.45) is 0 Å². The summed E-state index contributed by atoms with van der Waals surface area (Å²) in [5.41, 5.74) is 1.11. The Morgan fingerprint density at radius 2 is 2.29 bits per heavy atom. The highest BCUT2D eigenvalue weighted by atomic mass is 32.1. The minimum absolute atomic E-state index is 0.0997. The summed E-state index contributed by atoms with van der Waals surface area (Å²) in [4.78, 5) is 0. The van der Waals surface area contributed by atoms with Crippen molar-refractivity contribution >= 4 is 27.1 Å². The highest BCUT2D eigenvalue weighted by Crippen LogP contribution is 2.28. The van der Waals surface area contributed by atoms with Crippen LogP contribution in [0.15, 0.2) is 29.6 Å². The molecule has 0 aliphatic heterocycles. The predicted octanol–water partition coefficient (Wildman–Crippen LogP) is 2.69. The molecule has 0 bridgehead atoms. The van der Waals surface area contributed by atoms with Gasteiger partial charge in [0.2, 0.25) is 0 Å². The summed E-state index contributed by atoms with van der Waals surface area (Å²) in [6, 6.07) is 8.38. The van der Waals surface area contributed by atoms with E-state index in [0.717, 1.165) is 5.69 Å². The molecule has 2 N–H and O–H groups in total. The number of aliphatic hydroxyl groups excluding tert-OH is 1. The zero-order valence-corrected chi connectivity index (χ0v) is 8.84. The van der Waals surface area contributed by atoms with Gasteiger partial charge >= 0.3 is 0 Å². The summed E-state index contributed by atoms with van der Waals surface area (Å²) in [6.07, 6.45) is 0. The summed E-state index contributed by atoms with van der Waals surface area (Å²) in [5.74, 6) is 0. The molecule has 0 radical (unpaired) electrons. The lowest BCUT2D eigenvalue weighted by Gasteiger charge is -2.12. The maximum atomic E-state index is 8.96. The highest BCUT2D eigenvalue weighted by Gasteiger charge is 2.04. The van der Waals surface area contributed by atoms with Crippen LogP contribution in [-0.2, 0) is 0 Å². The molecule has 0 fully saturated rings. The number of benzene rings is 1. The first-order valence-corrected chi connectivity index (χ1v) is 5.53. The Labute approximate surface area is 87.2 Å². The number of aliphatic hydroxyl groups is 1. The van der Waals surface area contributed by atoms with Crippen LogP contribution in [0.4, 0.5) is 5.69 Å². The summed E-state index contributed by atoms with van der Waals surface area (Å²) < 4.78 is 1.26. The number of anilines is 1. The van der Waals surface area contributed by atoms with E-state index in [0.29, 0.717) is 0 Å². The van der Waals surface area contributed by atoms with Gasteiger partial charge in [0.15, 0.2) is 0 Å². The third-order valence-electron chi connectivity index (χ3n) is 2.15. The van der Waals surface area contributed by atoms with Crippen LogP contribution in [0.5, 0.6) is 0 Å². The number of nitrogens with one attached hydrogen (secondary N) is 1. The van der Waals surface area contributed by atoms with E-state index in [2.05, 4.69) is 22.8 Å². The van der Waals surface area contributed by atoms with Crippen molar-refractivity contribution in [3.05, 3.63) is 29.6 Å². The molecule has 0 amide bonds. The van der Waals surface area contributed by atoms with E-state index in [1.54, 1.807) is 11.3 Å². The summed E-state index contributed by atoms with van der Waals surface area (Å²) >= 11 is 1.72. The van der Waals surface area contributed by atoms with E-state index >= 15 is 0 Å². The lowest BCUT2D eigenvalue weighted by Crippen LogP contribution is -2.19. The van der Waals surface area contributed by atoms with Gasteiger partial charge in [-0.05, 0) is 29.8 Å². The van der Waals surface area contributed by atoms with Crippen molar-refractivity contribution in [1.29, 1.82) is 0 Å². The maximum Gasteiger partial charge on any atom is 0.0630 e. The van der Waals surface area contributed by atoms with E-state index in [9.17, 15) is 0 Å². The van der Waals surface area contributed by atoms with Gasteiger partial charge in [-0.2, -0.15) is 0 Å². The molecule has 74 valence electrons. The smallest absolute Gasteiger partial charge is 0.0630 e. The Balaban J connectivity index is 2.36. The van der Waals surface area contributed by atoms with E-state index in [1.165, 1.54) is 10.1 Å². The third-order valence-corrected chi connectivity index (χ3v) is 3.12. The van der Waals surface area contributed by atoms with Crippen LogP contribution in [0.2, 0.25) is 0 Å². The number of rotatable bonds is 3.